The molecule has 0 radical (unpaired) electrons. The fourth-order valence-corrected chi connectivity index (χ4v) is 7.06. The van der Waals surface area contributed by atoms with Gasteiger partial charge in [-0.3, -0.25) is 9.59 Å². The summed E-state index contributed by atoms with van der Waals surface area (Å²) in [6.07, 6.45) is 9.32. The Morgan fingerprint density at radius 1 is 0.500 bits per heavy atom. The standard InChI is InChI=1S/C19H30O5.C14H22O3.C10H18O5/c1-18(2,3)23-16(20)11-15(22-17(21)24-19(4,5)6)14-10-12-7-8-13(14)9-12;1-14(2,3)17-13(16)8-12(15)11-7-9-4-5-10(11)6-9;1-9(2,3)14-7(11)13-8(12)15-10(4,5)6/h7-8,12-15H,9-11H2,1-6H3;4-5,9-12,15H,6-8H2,1-3H3;1-6H3. The van der Waals surface area contributed by atoms with Crippen molar-refractivity contribution in [2.75, 3.05) is 0 Å². The Kier molecular flexibility index (Phi) is 16.7. The van der Waals surface area contributed by atoms with Gasteiger partial charge < -0.3 is 38.3 Å². The van der Waals surface area contributed by atoms with Crippen molar-refractivity contribution in [3.8, 4) is 0 Å². The summed E-state index contributed by atoms with van der Waals surface area (Å²) in [6, 6.07) is 0. The fourth-order valence-electron chi connectivity index (χ4n) is 7.06. The number of rotatable bonds is 7. The van der Waals surface area contributed by atoms with Gasteiger partial charge in [0.2, 0.25) is 0 Å². The van der Waals surface area contributed by atoms with Crippen LogP contribution in [0.5, 0.6) is 0 Å². The summed E-state index contributed by atoms with van der Waals surface area (Å²) in [5, 5.41) is 10.1. The maximum absolute atomic E-state index is 12.2. The number of esters is 2. The normalized spacial score (nSPS) is 24.7. The quantitative estimate of drug-likeness (QED) is 0.112. The molecule has 8 atom stereocenters. The van der Waals surface area contributed by atoms with Crippen LogP contribution >= 0.6 is 0 Å². The molecule has 2 fully saturated rings. The van der Waals surface area contributed by atoms with Gasteiger partial charge in [0.25, 0.3) is 0 Å². The molecule has 13 heteroatoms. The van der Waals surface area contributed by atoms with Gasteiger partial charge in [0.05, 0.1) is 18.9 Å². The summed E-state index contributed by atoms with van der Waals surface area (Å²) in [6.45, 7) is 26.4. The Bertz CT molecular complexity index is 1350. The second-order valence-electron chi connectivity index (χ2n) is 20.2. The lowest BCUT2D eigenvalue weighted by atomic mass is 9.87. The molecular formula is C43H70O13. The van der Waals surface area contributed by atoms with Crippen molar-refractivity contribution < 1.29 is 62.2 Å². The number of aliphatic hydroxyl groups is 1. The van der Waals surface area contributed by atoms with Crippen molar-refractivity contribution in [1.29, 1.82) is 0 Å². The van der Waals surface area contributed by atoms with E-state index >= 15 is 0 Å². The Labute approximate surface area is 334 Å². The van der Waals surface area contributed by atoms with Gasteiger partial charge in [-0.2, -0.15) is 0 Å². The van der Waals surface area contributed by atoms with Crippen LogP contribution in [0.1, 0.15) is 142 Å². The van der Waals surface area contributed by atoms with Crippen molar-refractivity contribution in [2.45, 2.75) is 183 Å². The van der Waals surface area contributed by atoms with Gasteiger partial charge in [0.1, 0.15) is 34.1 Å². The van der Waals surface area contributed by atoms with Gasteiger partial charge in [-0.15, -0.1) is 0 Å². The van der Waals surface area contributed by atoms with Crippen LogP contribution in [0.4, 0.5) is 14.4 Å². The molecule has 4 bridgehead atoms. The molecule has 0 aliphatic heterocycles. The lowest BCUT2D eigenvalue weighted by Crippen LogP contribution is -2.36. The molecule has 0 spiro atoms. The zero-order chi connectivity index (χ0) is 43.0. The predicted octanol–water partition coefficient (Wildman–Crippen LogP) is 9.42. The average Bonchev–Trinajstić information content (AvgIpc) is 3.75. The zero-order valence-electron chi connectivity index (χ0n) is 36.5. The van der Waals surface area contributed by atoms with Gasteiger partial charge in [-0.05, 0) is 159 Å². The third kappa shape index (κ3) is 19.5. The molecule has 0 heterocycles. The Morgan fingerprint density at radius 2 is 0.857 bits per heavy atom. The topological polar surface area (TPSA) is 170 Å². The van der Waals surface area contributed by atoms with E-state index in [1.165, 1.54) is 0 Å². The molecule has 4 rings (SSSR count). The van der Waals surface area contributed by atoms with E-state index in [1.807, 2.05) is 41.5 Å². The minimum Gasteiger partial charge on any atom is -0.460 e. The molecule has 0 aromatic carbocycles. The molecule has 4 aliphatic rings. The van der Waals surface area contributed by atoms with Crippen molar-refractivity contribution in [3.63, 3.8) is 0 Å². The number of aliphatic hydroxyl groups excluding tert-OH is 1. The lowest BCUT2D eigenvalue weighted by molar-refractivity contribution is -0.159. The number of ether oxygens (including phenoxy) is 7. The molecule has 1 N–H and O–H groups in total. The summed E-state index contributed by atoms with van der Waals surface area (Å²) < 4.78 is 35.2. The van der Waals surface area contributed by atoms with Crippen molar-refractivity contribution in [1.82, 2.24) is 0 Å². The first-order chi connectivity index (χ1) is 25.3. The summed E-state index contributed by atoms with van der Waals surface area (Å²) in [5.74, 6) is 1.75. The number of carbonyl (C=O) groups is 5. The second-order valence-corrected chi connectivity index (χ2v) is 20.2. The molecule has 4 aliphatic carbocycles. The van der Waals surface area contributed by atoms with Crippen LogP contribution in [-0.4, -0.2) is 75.7 Å². The fraction of sp³-hybridized carbons (Fsp3) is 0.791. The third-order valence-corrected chi connectivity index (χ3v) is 8.80. The van der Waals surface area contributed by atoms with Gasteiger partial charge in [-0.1, -0.05) is 24.3 Å². The third-order valence-electron chi connectivity index (χ3n) is 8.80. The van der Waals surface area contributed by atoms with Crippen LogP contribution < -0.4 is 0 Å². The molecule has 56 heavy (non-hydrogen) atoms. The van der Waals surface area contributed by atoms with E-state index in [2.05, 4.69) is 29.0 Å². The largest absolute Gasteiger partial charge is 0.519 e. The molecule has 0 amide bonds. The Hall–Kier alpha value is -3.61. The smallest absolute Gasteiger partial charge is 0.460 e. The molecule has 0 saturated heterocycles. The first-order valence-electron chi connectivity index (χ1n) is 19.8. The van der Waals surface area contributed by atoms with E-state index in [4.69, 9.17) is 28.4 Å². The predicted molar refractivity (Wildman–Crippen MR) is 209 cm³/mol. The number of carbonyl (C=O) groups excluding carboxylic acids is 5. The first-order valence-corrected chi connectivity index (χ1v) is 19.8. The minimum absolute atomic E-state index is 0.0677. The van der Waals surface area contributed by atoms with Crippen LogP contribution in [-0.2, 0) is 42.7 Å². The van der Waals surface area contributed by atoms with Gasteiger partial charge in [-0.25, -0.2) is 14.4 Å². The SMILES string of the molecule is CC(C)(C)OC(=O)CC(O)C1CC2C=CC1C2.CC(C)(C)OC(=O)CC(OC(=O)OC(C)(C)C)C1CC2C=CC1C2.CC(C)(C)OC(=O)OC(=O)OC(C)(C)C. The Balaban J connectivity index is 0.000000301. The zero-order valence-corrected chi connectivity index (χ0v) is 36.5. The van der Waals surface area contributed by atoms with Gasteiger partial charge in [0, 0.05) is 5.92 Å². The van der Waals surface area contributed by atoms with Gasteiger partial charge >= 0.3 is 30.4 Å². The monoisotopic (exact) mass is 794 g/mol. The van der Waals surface area contributed by atoms with Crippen LogP contribution in [0.25, 0.3) is 0 Å². The van der Waals surface area contributed by atoms with E-state index in [0.29, 0.717) is 23.7 Å². The summed E-state index contributed by atoms with van der Waals surface area (Å²) in [5.41, 5.74) is -3.03. The second kappa shape index (κ2) is 19.2. The van der Waals surface area contributed by atoms with Crippen LogP contribution in [0, 0.1) is 35.5 Å². The lowest BCUT2D eigenvalue weighted by Gasteiger charge is -2.30. The number of hydrogen-bond acceptors (Lipinski definition) is 13. The molecule has 0 aromatic rings. The highest BCUT2D eigenvalue weighted by molar-refractivity contribution is 5.77. The van der Waals surface area contributed by atoms with E-state index in [0.717, 1.165) is 25.7 Å². The van der Waals surface area contributed by atoms with E-state index < -0.39 is 58.7 Å². The van der Waals surface area contributed by atoms with Crippen LogP contribution in [0.15, 0.2) is 24.3 Å². The first kappa shape index (κ1) is 48.5. The highest BCUT2D eigenvalue weighted by Gasteiger charge is 2.44. The van der Waals surface area contributed by atoms with E-state index in [1.54, 1.807) is 62.3 Å². The Morgan fingerprint density at radius 3 is 1.20 bits per heavy atom. The summed E-state index contributed by atoms with van der Waals surface area (Å²) in [4.78, 5) is 58.0. The maximum Gasteiger partial charge on any atom is 0.519 e. The molecular weight excluding hydrogens is 724 g/mol. The molecule has 8 unspecified atom stereocenters. The summed E-state index contributed by atoms with van der Waals surface area (Å²) >= 11 is 0. The van der Waals surface area contributed by atoms with Gasteiger partial charge in [0.15, 0.2) is 0 Å². The average molecular weight is 795 g/mol. The van der Waals surface area contributed by atoms with Crippen molar-refractivity contribution in [2.24, 2.45) is 35.5 Å². The number of allylic oxidation sites excluding steroid dienone is 4. The molecule has 13 nitrogen and oxygen atoms in total. The highest BCUT2D eigenvalue weighted by Crippen LogP contribution is 2.47. The number of hydrogen-bond donors (Lipinski definition) is 1. The van der Waals surface area contributed by atoms with Crippen LogP contribution in [0.3, 0.4) is 0 Å². The van der Waals surface area contributed by atoms with Crippen LogP contribution in [0.2, 0.25) is 0 Å². The molecule has 0 aromatic heterocycles. The maximum atomic E-state index is 12.2. The minimum atomic E-state index is -1.06. The number of fused-ring (bicyclic) bond motifs is 4. The van der Waals surface area contributed by atoms with E-state index in [-0.39, 0.29) is 36.6 Å². The molecule has 2 saturated carbocycles. The van der Waals surface area contributed by atoms with Crippen molar-refractivity contribution >= 4 is 30.4 Å². The molecule has 320 valence electrons. The van der Waals surface area contributed by atoms with E-state index in [9.17, 15) is 29.1 Å². The summed E-state index contributed by atoms with van der Waals surface area (Å²) in [7, 11) is 0. The van der Waals surface area contributed by atoms with Crippen molar-refractivity contribution in [3.05, 3.63) is 24.3 Å². The highest BCUT2D eigenvalue weighted by atomic mass is 16.8.